The number of amides is 1. The maximum atomic E-state index is 13.1. The van der Waals surface area contributed by atoms with Crippen LogP contribution in [0.3, 0.4) is 0 Å². The van der Waals surface area contributed by atoms with Gasteiger partial charge < -0.3 is 14.0 Å². The molecule has 1 N–H and O–H groups in total. The Labute approximate surface area is 190 Å². The summed E-state index contributed by atoms with van der Waals surface area (Å²) in [6, 6.07) is 15.0. The molecule has 0 aliphatic carbocycles. The second-order valence-corrected chi connectivity index (χ2v) is 7.68. The summed E-state index contributed by atoms with van der Waals surface area (Å²) in [5, 5.41) is 11.4. The van der Waals surface area contributed by atoms with Crippen molar-refractivity contribution in [2.75, 3.05) is 13.7 Å². The van der Waals surface area contributed by atoms with Crippen LogP contribution in [-0.4, -0.2) is 52.2 Å². The van der Waals surface area contributed by atoms with Crippen molar-refractivity contribution in [2.45, 2.75) is 32.0 Å². The van der Waals surface area contributed by atoms with Crippen LogP contribution < -0.4 is 14.9 Å². The average Bonchev–Trinajstić information content (AvgIpc) is 3.49. The molecule has 1 saturated heterocycles. The van der Waals surface area contributed by atoms with Crippen LogP contribution >= 0.6 is 0 Å². The van der Waals surface area contributed by atoms with Crippen molar-refractivity contribution < 1.29 is 18.8 Å². The van der Waals surface area contributed by atoms with Crippen molar-refractivity contribution in [3.63, 3.8) is 0 Å². The maximum Gasteiger partial charge on any atom is 0.267 e. The van der Waals surface area contributed by atoms with Crippen molar-refractivity contribution >= 4 is 12.2 Å². The van der Waals surface area contributed by atoms with E-state index in [4.69, 9.17) is 14.0 Å². The lowest BCUT2D eigenvalue weighted by molar-refractivity contribution is -0.137. The number of fused-ring (bicyclic) bond motifs is 1. The Morgan fingerprint density at radius 3 is 2.79 bits per heavy atom. The van der Waals surface area contributed by atoms with Gasteiger partial charge in [0.15, 0.2) is 0 Å². The van der Waals surface area contributed by atoms with Crippen molar-refractivity contribution in [3.8, 4) is 22.9 Å². The van der Waals surface area contributed by atoms with E-state index in [0.717, 1.165) is 11.3 Å². The maximum absolute atomic E-state index is 13.1. The number of nitrogens with one attached hydrogen (secondary N) is 1. The smallest absolute Gasteiger partial charge is 0.267 e. The summed E-state index contributed by atoms with van der Waals surface area (Å²) in [7, 11) is 1.59. The quantitative estimate of drug-likeness (QED) is 0.588. The van der Waals surface area contributed by atoms with Gasteiger partial charge >= 0.3 is 0 Å². The Morgan fingerprint density at radius 1 is 1.18 bits per heavy atom. The van der Waals surface area contributed by atoms with Crippen LogP contribution in [0, 0.1) is 0 Å². The highest BCUT2D eigenvalue weighted by Gasteiger charge is 2.41. The number of nitrogens with zero attached hydrogens (tertiary/aromatic N) is 5. The summed E-state index contributed by atoms with van der Waals surface area (Å²) in [4.78, 5) is 17.5. The third kappa shape index (κ3) is 4.12. The van der Waals surface area contributed by atoms with E-state index in [1.54, 1.807) is 18.5 Å². The number of hydrazone groups is 1. The minimum absolute atomic E-state index is 0.00146. The summed E-state index contributed by atoms with van der Waals surface area (Å²) in [5.41, 5.74) is 5.14. The number of rotatable bonds is 7. The molecule has 3 aromatic rings. The third-order valence-electron chi connectivity index (χ3n) is 5.65. The standard InChI is InChI=1S/C23H24N6O4/c1-3-32-16-10-8-15(9-11-16)18-12-19-23(30)28(24-14-29(19)26-18)13-21-25-22(27-33-21)17-6-4-5-7-20(17)31-2/h4-11,14,18-19,26H,3,12-13H2,1-2H3. The summed E-state index contributed by atoms with van der Waals surface area (Å²) in [6.07, 6.45) is 2.24. The molecule has 3 heterocycles. The Bertz CT molecular complexity index is 1160. The van der Waals surface area contributed by atoms with Crippen LogP contribution in [0.4, 0.5) is 0 Å². The van der Waals surface area contributed by atoms with E-state index < -0.39 is 0 Å². The molecule has 2 atom stereocenters. The van der Waals surface area contributed by atoms with Gasteiger partial charge in [0.1, 0.15) is 30.4 Å². The second-order valence-electron chi connectivity index (χ2n) is 7.68. The molecular weight excluding hydrogens is 424 g/mol. The van der Waals surface area contributed by atoms with Crippen LogP contribution in [-0.2, 0) is 11.3 Å². The van der Waals surface area contributed by atoms with E-state index >= 15 is 0 Å². The van der Waals surface area contributed by atoms with Crippen molar-refractivity contribution in [1.82, 2.24) is 25.6 Å². The number of para-hydroxylation sites is 1. The molecule has 0 saturated carbocycles. The van der Waals surface area contributed by atoms with Gasteiger partial charge in [-0.2, -0.15) is 10.1 Å². The number of hydrazine groups is 1. The van der Waals surface area contributed by atoms with Crippen LogP contribution in [0.25, 0.3) is 11.4 Å². The molecular formula is C23H24N6O4. The first-order valence-electron chi connectivity index (χ1n) is 10.7. The van der Waals surface area contributed by atoms with Crippen LogP contribution in [0.5, 0.6) is 11.5 Å². The zero-order valence-electron chi connectivity index (χ0n) is 18.3. The number of hydrogen-bond acceptors (Lipinski definition) is 9. The molecule has 33 heavy (non-hydrogen) atoms. The Balaban J connectivity index is 1.26. The topological polar surface area (TPSA) is 105 Å². The molecule has 10 nitrogen and oxygen atoms in total. The molecule has 0 spiro atoms. The summed E-state index contributed by atoms with van der Waals surface area (Å²) >= 11 is 0. The fraction of sp³-hybridized carbons (Fsp3) is 0.304. The fourth-order valence-corrected chi connectivity index (χ4v) is 4.02. The molecule has 1 fully saturated rings. The normalized spacial score (nSPS) is 19.6. The number of benzene rings is 2. The van der Waals surface area contributed by atoms with E-state index in [9.17, 15) is 4.79 Å². The number of aromatic nitrogens is 2. The Kier molecular flexibility index (Phi) is 5.66. The van der Waals surface area contributed by atoms with Gasteiger partial charge in [0.2, 0.25) is 11.7 Å². The summed E-state index contributed by atoms with van der Waals surface area (Å²) in [6.45, 7) is 2.67. The molecule has 0 radical (unpaired) electrons. The van der Waals surface area contributed by atoms with Crippen molar-refractivity contribution in [1.29, 1.82) is 0 Å². The minimum atomic E-state index is -0.365. The van der Waals surface area contributed by atoms with E-state index in [0.29, 0.717) is 36.1 Å². The van der Waals surface area contributed by atoms with Gasteiger partial charge in [-0.25, -0.2) is 10.4 Å². The largest absolute Gasteiger partial charge is 0.496 e. The van der Waals surface area contributed by atoms with Crippen molar-refractivity contribution in [2.24, 2.45) is 5.10 Å². The number of methoxy groups -OCH3 is 1. The SMILES string of the molecule is CCOc1ccc(C2CC3C(=O)N(Cc4nc(-c5ccccc5OC)no4)N=CN3N2)cc1. The van der Waals surface area contributed by atoms with Gasteiger partial charge in [-0.05, 0) is 43.2 Å². The fourth-order valence-electron chi connectivity index (χ4n) is 4.02. The molecule has 2 aliphatic rings. The molecule has 2 aromatic carbocycles. The lowest BCUT2D eigenvalue weighted by atomic mass is 10.0. The Hall–Kier alpha value is -3.92. The number of carbonyl (C=O) groups is 1. The lowest BCUT2D eigenvalue weighted by Gasteiger charge is -2.29. The van der Waals surface area contributed by atoms with Gasteiger partial charge in [-0.15, -0.1) is 0 Å². The van der Waals surface area contributed by atoms with Gasteiger partial charge in [0.25, 0.3) is 5.91 Å². The van der Waals surface area contributed by atoms with E-state index in [1.807, 2.05) is 55.5 Å². The van der Waals surface area contributed by atoms with Crippen molar-refractivity contribution in [3.05, 3.63) is 60.0 Å². The highest BCUT2D eigenvalue weighted by atomic mass is 16.5. The molecule has 2 unspecified atom stereocenters. The molecule has 170 valence electrons. The highest BCUT2D eigenvalue weighted by molar-refractivity contribution is 5.87. The average molecular weight is 448 g/mol. The number of hydrogen-bond donors (Lipinski definition) is 1. The minimum Gasteiger partial charge on any atom is -0.496 e. The first-order valence-corrected chi connectivity index (χ1v) is 10.7. The molecule has 1 aromatic heterocycles. The second kappa shape index (κ2) is 8.91. The third-order valence-corrected chi connectivity index (χ3v) is 5.65. The molecule has 1 amide bonds. The van der Waals surface area contributed by atoms with Gasteiger partial charge in [0, 0.05) is 0 Å². The predicted octanol–water partition coefficient (Wildman–Crippen LogP) is 2.75. The molecule has 5 rings (SSSR count). The molecule has 0 bridgehead atoms. The van der Waals surface area contributed by atoms with E-state index in [1.165, 1.54) is 5.01 Å². The first-order chi connectivity index (χ1) is 16.2. The van der Waals surface area contributed by atoms with E-state index in [2.05, 4.69) is 20.7 Å². The van der Waals surface area contributed by atoms with Gasteiger partial charge in [-0.1, -0.05) is 29.4 Å². The Morgan fingerprint density at radius 2 is 2.00 bits per heavy atom. The van der Waals surface area contributed by atoms with Gasteiger partial charge in [-0.3, -0.25) is 9.80 Å². The molecule has 2 aliphatic heterocycles. The monoisotopic (exact) mass is 448 g/mol. The summed E-state index contributed by atoms with van der Waals surface area (Å²) < 4.78 is 16.2. The predicted molar refractivity (Wildman–Crippen MR) is 119 cm³/mol. The van der Waals surface area contributed by atoms with Gasteiger partial charge in [0.05, 0.1) is 25.3 Å². The van der Waals surface area contributed by atoms with Crippen LogP contribution in [0.15, 0.2) is 58.2 Å². The zero-order chi connectivity index (χ0) is 22.8. The molecule has 10 heteroatoms. The first kappa shape index (κ1) is 21.0. The van der Waals surface area contributed by atoms with Crippen LogP contribution in [0.1, 0.15) is 30.8 Å². The zero-order valence-corrected chi connectivity index (χ0v) is 18.3. The number of carbonyl (C=O) groups excluding carboxylic acids is 1. The highest BCUT2D eigenvalue weighted by Crippen LogP contribution is 2.31. The number of ether oxygens (including phenoxy) is 2. The van der Waals surface area contributed by atoms with Crippen LogP contribution in [0.2, 0.25) is 0 Å². The lowest BCUT2D eigenvalue weighted by Crippen LogP contribution is -2.50. The summed E-state index contributed by atoms with van der Waals surface area (Å²) in [5.74, 6) is 2.03. The van der Waals surface area contributed by atoms with E-state index in [-0.39, 0.29) is 24.5 Å².